The van der Waals surface area contributed by atoms with Crippen molar-refractivity contribution in [3.63, 3.8) is 0 Å². The van der Waals surface area contributed by atoms with Crippen molar-refractivity contribution < 1.29 is 0 Å². The van der Waals surface area contributed by atoms with Gasteiger partial charge in [-0.3, -0.25) is 19.9 Å². The van der Waals surface area contributed by atoms with Gasteiger partial charge in [0.25, 0.3) is 0 Å². The van der Waals surface area contributed by atoms with Crippen molar-refractivity contribution in [2.24, 2.45) is 5.92 Å². The zero-order valence-corrected chi connectivity index (χ0v) is 41.1. The van der Waals surface area contributed by atoms with Crippen molar-refractivity contribution >= 4 is 54.9 Å². The molecule has 12 aromatic rings. The van der Waals surface area contributed by atoms with Crippen LogP contribution in [0.5, 0.6) is 0 Å². The van der Waals surface area contributed by atoms with Gasteiger partial charge in [-0.1, -0.05) is 122 Å². The van der Waals surface area contributed by atoms with Crippen molar-refractivity contribution in [1.29, 1.82) is 0 Å². The highest BCUT2D eigenvalue weighted by Gasteiger charge is 2.22. The van der Waals surface area contributed by atoms with Gasteiger partial charge in [-0.05, 0) is 163 Å². The Hall–Kier alpha value is -9.26. The Morgan fingerprint density at radius 3 is 1.44 bits per heavy atom. The standard InChI is InChI=1S/C63H44N6.C4H8/c1-41-24-28-51(58-22-8-11-34-66-58)52(36-41)44-27-30-60-54(38-44)53-37-42(47-16-2-4-18-49(47)56-20-6-9-32-64-56)25-29-59(53)68(60)45-14-12-15-46(40-45)69-61-31-26-43(39-55(61)63-62(69)23-13-35-67-63)48-17-3-5-19-50(48)57-21-7-10-33-65-57;1-3-4-2/h2-23,25-41H,24H2,1H3;3-4H,1-2H3/b;4-3-. The first-order valence-corrected chi connectivity index (χ1v) is 25.1. The molecule has 0 radical (unpaired) electrons. The molecule has 1 unspecified atom stereocenters. The third-order valence-corrected chi connectivity index (χ3v) is 14.0. The molecular formula is C67H52N6. The van der Waals surface area contributed by atoms with Crippen molar-refractivity contribution in [2.75, 3.05) is 0 Å². The van der Waals surface area contributed by atoms with E-state index in [1.165, 1.54) is 27.5 Å². The maximum atomic E-state index is 5.00. The largest absolute Gasteiger partial charge is 0.309 e. The van der Waals surface area contributed by atoms with Crippen LogP contribution in [0.1, 0.15) is 38.4 Å². The maximum absolute atomic E-state index is 5.00. The zero-order valence-electron chi connectivity index (χ0n) is 41.1. The maximum Gasteiger partial charge on any atom is 0.0963 e. The van der Waals surface area contributed by atoms with E-state index >= 15 is 0 Å². The van der Waals surface area contributed by atoms with E-state index in [-0.39, 0.29) is 0 Å². The van der Waals surface area contributed by atoms with E-state index in [1.54, 1.807) is 0 Å². The minimum Gasteiger partial charge on any atom is -0.309 e. The zero-order chi connectivity index (χ0) is 49.3. The molecule has 0 amide bonds. The lowest BCUT2D eigenvalue weighted by Crippen LogP contribution is -2.02. The van der Waals surface area contributed by atoms with Gasteiger partial charge in [0.15, 0.2) is 0 Å². The summed E-state index contributed by atoms with van der Waals surface area (Å²) in [5.74, 6) is 0.409. The van der Waals surface area contributed by atoms with E-state index in [9.17, 15) is 0 Å². The molecule has 1 atom stereocenters. The smallest absolute Gasteiger partial charge is 0.0963 e. The molecular weight excluding hydrogens is 889 g/mol. The van der Waals surface area contributed by atoms with Gasteiger partial charge in [0.05, 0.1) is 44.7 Å². The summed E-state index contributed by atoms with van der Waals surface area (Å²) >= 11 is 0. The first-order valence-electron chi connectivity index (χ1n) is 25.1. The van der Waals surface area contributed by atoms with E-state index in [0.29, 0.717) is 5.92 Å². The predicted molar refractivity (Wildman–Crippen MR) is 305 cm³/mol. The highest BCUT2D eigenvalue weighted by Crippen LogP contribution is 2.43. The average molecular weight is 941 g/mol. The van der Waals surface area contributed by atoms with Crippen LogP contribution in [-0.4, -0.2) is 29.1 Å². The molecule has 0 saturated carbocycles. The van der Waals surface area contributed by atoms with Gasteiger partial charge in [-0.25, -0.2) is 0 Å². The number of allylic oxidation sites excluding steroid dienone is 6. The van der Waals surface area contributed by atoms with E-state index < -0.39 is 0 Å². The third-order valence-electron chi connectivity index (χ3n) is 14.0. The van der Waals surface area contributed by atoms with Crippen molar-refractivity contribution in [3.8, 4) is 56.1 Å². The number of rotatable bonds is 8. The van der Waals surface area contributed by atoms with Crippen LogP contribution >= 0.6 is 0 Å². The van der Waals surface area contributed by atoms with Crippen LogP contribution in [0.2, 0.25) is 0 Å². The highest BCUT2D eigenvalue weighted by molar-refractivity contribution is 6.14. The fourth-order valence-electron chi connectivity index (χ4n) is 10.5. The molecule has 350 valence electrons. The Kier molecular flexibility index (Phi) is 12.0. The van der Waals surface area contributed by atoms with E-state index in [2.05, 4.69) is 192 Å². The quantitative estimate of drug-likeness (QED) is 0.142. The molecule has 6 aromatic heterocycles. The van der Waals surface area contributed by atoms with Crippen LogP contribution in [0, 0.1) is 5.92 Å². The lowest BCUT2D eigenvalue weighted by atomic mass is 9.85. The lowest BCUT2D eigenvalue weighted by Gasteiger charge is -2.20. The molecule has 73 heavy (non-hydrogen) atoms. The highest BCUT2D eigenvalue weighted by atomic mass is 15.0. The number of nitrogens with zero attached hydrogens (tertiary/aromatic N) is 6. The van der Waals surface area contributed by atoms with E-state index in [4.69, 9.17) is 19.9 Å². The summed E-state index contributed by atoms with van der Waals surface area (Å²) in [6.07, 6.45) is 17.3. The molecule has 6 aromatic carbocycles. The van der Waals surface area contributed by atoms with Gasteiger partial charge in [-0.15, -0.1) is 0 Å². The number of pyridine rings is 4. The van der Waals surface area contributed by atoms with Crippen molar-refractivity contribution in [3.05, 3.63) is 254 Å². The van der Waals surface area contributed by atoms with Gasteiger partial charge in [0.1, 0.15) is 0 Å². The molecule has 1 aliphatic carbocycles. The number of benzene rings is 6. The Balaban J connectivity index is 0.00000131. The van der Waals surface area contributed by atoms with Crippen molar-refractivity contribution in [1.82, 2.24) is 29.1 Å². The minimum absolute atomic E-state index is 0.409. The number of aromatic nitrogens is 6. The molecule has 0 saturated heterocycles. The summed E-state index contributed by atoms with van der Waals surface area (Å²) in [5.41, 5.74) is 20.7. The van der Waals surface area contributed by atoms with Crippen molar-refractivity contribution in [2.45, 2.75) is 27.2 Å². The molecule has 0 N–H and O–H groups in total. The van der Waals surface area contributed by atoms with Gasteiger partial charge >= 0.3 is 0 Å². The summed E-state index contributed by atoms with van der Waals surface area (Å²) in [7, 11) is 0. The second-order valence-corrected chi connectivity index (χ2v) is 18.6. The first-order chi connectivity index (χ1) is 36.1. The molecule has 0 bridgehead atoms. The third kappa shape index (κ3) is 8.33. The molecule has 6 heterocycles. The second-order valence-electron chi connectivity index (χ2n) is 18.6. The monoisotopic (exact) mass is 940 g/mol. The molecule has 13 rings (SSSR count). The average Bonchev–Trinajstić information content (AvgIpc) is 3.97. The van der Waals surface area contributed by atoms with Gasteiger partial charge in [0, 0.05) is 69.0 Å². The Morgan fingerprint density at radius 2 is 0.877 bits per heavy atom. The Labute approximate surface area is 425 Å². The summed E-state index contributed by atoms with van der Waals surface area (Å²) in [4.78, 5) is 19.3. The molecule has 0 fully saturated rings. The molecule has 6 nitrogen and oxygen atoms in total. The molecule has 0 aliphatic heterocycles. The Morgan fingerprint density at radius 1 is 0.397 bits per heavy atom. The normalized spacial score (nSPS) is 13.6. The summed E-state index contributed by atoms with van der Waals surface area (Å²) in [5, 5.41) is 3.46. The molecule has 1 aliphatic rings. The van der Waals surface area contributed by atoms with E-state index in [0.717, 1.165) is 101 Å². The number of fused-ring (bicyclic) bond motifs is 6. The fourth-order valence-corrected chi connectivity index (χ4v) is 10.5. The predicted octanol–water partition coefficient (Wildman–Crippen LogP) is 17.2. The summed E-state index contributed by atoms with van der Waals surface area (Å²) in [6.45, 7) is 6.29. The summed E-state index contributed by atoms with van der Waals surface area (Å²) in [6, 6.07) is 69.3. The van der Waals surface area contributed by atoms with Crippen LogP contribution < -0.4 is 0 Å². The number of hydrogen-bond acceptors (Lipinski definition) is 4. The van der Waals surface area contributed by atoms with Gasteiger partial charge in [-0.2, -0.15) is 0 Å². The van der Waals surface area contributed by atoms with Crippen LogP contribution in [-0.2, 0) is 0 Å². The molecule has 6 heteroatoms. The summed E-state index contributed by atoms with van der Waals surface area (Å²) < 4.78 is 4.79. The number of hydrogen-bond donors (Lipinski definition) is 0. The fraction of sp³-hybridized carbons (Fsp3) is 0.0746. The minimum atomic E-state index is 0.409. The Bertz CT molecular complexity index is 4080. The van der Waals surface area contributed by atoms with Crippen LogP contribution in [0.3, 0.4) is 0 Å². The van der Waals surface area contributed by atoms with Crippen LogP contribution in [0.15, 0.2) is 243 Å². The van der Waals surface area contributed by atoms with Crippen LogP contribution in [0.4, 0.5) is 0 Å². The second kappa shape index (κ2) is 19.5. The molecule has 0 spiro atoms. The van der Waals surface area contributed by atoms with E-state index in [1.807, 2.05) is 81.1 Å². The van der Waals surface area contributed by atoms with Crippen LogP contribution in [0.25, 0.3) is 111 Å². The first kappa shape index (κ1) is 44.9. The lowest BCUT2D eigenvalue weighted by molar-refractivity contribution is 0.741. The SMILES string of the molecule is C/C=C\C.CC1C=C(c2ccc3c(c2)c2cc(-c4ccccc4-c4ccccn4)ccc2n3-c2cccc(-n3c4ccc(-c5ccccc5-c5ccccn5)cc4c4ncccc43)c2)C(c2ccccn2)=CC1. The van der Waals surface area contributed by atoms with Gasteiger partial charge < -0.3 is 9.13 Å². The topological polar surface area (TPSA) is 61.4 Å². The van der Waals surface area contributed by atoms with Gasteiger partial charge in [0.2, 0.25) is 0 Å².